The first-order valence-corrected chi connectivity index (χ1v) is 6.95. The zero-order valence-corrected chi connectivity index (χ0v) is 11.7. The zero-order chi connectivity index (χ0) is 13.8. The van der Waals surface area contributed by atoms with Gasteiger partial charge < -0.3 is 5.32 Å². The Balaban J connectivity index is 2.36. The molecule has 0 atom stereocenters. The number of ketones is 1. The van der Waals surface area contributed by atoms with Gasteiger partial charge in [-0.3, -0.25) is 9.59 Å². The fourth-order valence-corrected chi connectivity index (χ4v) is 2.44. The van der Waals surface area contributed by atoms with Crippen molar-refractivity contribution in [3.05, 3.63) is 57.8 Å². The van der Waals surface area contributed by atoms with Gasteiger partial charge >= 0.3 is 0 Å². The number of hydrogen-bond acceptors (Lipinski definition) is 3. The van der Waals surface area contributed by atoms with E-state index in [-0.39, 0.29) is 17.7 Å². The third-order valence-electron chi connectivity index (χ3n) is 2.58. The number of nitrogens with one attached hydrogen (secondary N) is 1. The smallest absolute Gasteiger partial charge is 0.252 e. The van der Waals surface area contributed by atoms with E-state index in [0.717, 1.165) is 0 Å². The van der Waals surface area contributed by atoms with Gasteiger partial charge in [0.25, 0.3) is 5.91 Å². The number of amides is 1. The van der Waals surface area contributed by atoms with Crippen molar-refractivity contribution < 1.29 is 9.59 Å². The quantitative estimate of drug-likeness (QED) is 0.870. The van der Waals surface area contributed by atoms with E-state index in [1.54, 1.807) is 30.3 Å². The molecule has 0 aliphatic carbocycles. The van der Waals surface area contributed by atoms with E-state index < -0.39 is 0 Å². The molecule has 98 valence electrons. The van der Waals surface area contributed by atoms with E-state index in [0.29, 0.717) is 16.0 Å². The van der Waals surface area contributed by atoms with Gasteiger partial charge in [-0.25, -0.2) is 0 Å². The lowest BCUT2D eigenvalue weighted by molar-refractivity contribution is 0.0933. The highest BCUT2D eigenvalue weighted by Gasteiger charge is 2.18. The van der Waals surface area contributed by atoms with Crippen LogP contribution in [-0.2, 0) is 0 Å². The van der Waals surface area contributed by atoms with Crippen LogP contribution in [0.2, 0.25) is 0 Å². The summed E-state index contributed by atoms with van der Waals surface area (Å²) in [6.07, 6.45) is 0. The first-order chi connectivity index (χ1) is 9.09. The molecular weight excluding hydrogens is 258 g/mol. The summed E-state index contributed by atoms with van der Waals surface area (Å²) in [6.45, 7) is 3.78. The summed E-state index contributed by atoms with van der Waals surface area (Å²) >= 11 is 1.38. The largest absolute Gasteiger partial charge is 0.350 e. The Morgan fingerprint density at radius 1 is 1.05 bits per heavy atom. The average molecular weight is 273 g/mol. The van der Waals surface area contributed by atoms with Crippen molar-refractivity contribution >= 4 is 23.0 Å². The molecule has 0 bridgehead atoms. The predicted octanol–water partition coefficient (Wildman–Crippen LogP) is 3.12. The van der Waals surface area contributed by atoms with Gasteiger partial charge in [0.15, 0.2) is 0 Å². The van der Waals surface area contributed by atoms with Crippen LogP contribution in [0.4, 0.5) is 0 Å². The normalized spacial score (nSPS) is 10.5. The van der Waals surface area contributed by atoms with E-state index in [1.165, 1.54) is 11.3 Å². The summed E-state index contributed by atoms with van der Waals surface area (Å²) in [4.78, 5) is 25.1. The Morgan fingerprint density at radius 3 is 2.32 bits per heavy atom. The van der Waals surface area contributed by atoms with Crippen LogP contribution in [-0.4, -0.2) is 17.7 Å². The Kier molecular flexibility index (Phi) is 4.12. The summed E-state index contributed by atoms with van der Waals surface area (Å²) < 4.78 is 0. The second-order valence-electron chi connectivity index (χ2n) is 4.48. The molecule has 2 rings (SSSR count). The van der Waals surface area contributed by atoms with E-state index >= 15 is 0 Å². The Labute approximate surface area is 116 Å². The lowest BCUT2D eigenvalue weighted by atomic mass is 10.0. The van der Waals surface area contributed by atoms with E-state index in [9.17, 15) is 9.59 Å². The number of hydrogen-bond donors (Lipinski definition) is 1. The van der Waals surface area contributed by atoms with Gasteiger partial charge in [-0.05, 0) is 31.4 Å². The van der Waals surface area contributed by atoms with Crippen LogP contribution >= 0.6 is 11.3 Å². The maximum atomic E-state index is 12.3. The van der Waals surface area contributed by atoms with Gasteiger partial charge in [-0.2, -0.15) is 0 Å². The molecule has 0 aliphatic rings. The van der Waals surface area contributed by atoms with Gasteiger partial charge in [0.2, 0.25) is 5.78 Å². The van der Waals surface area contributed by atoms with Crippen LogP contribution in [0.1, 0.15) is 39.4 Å². The maximum absolute atomic E-state index is 12.3. The lowest BCUT2D eigenvalue weighted by Gasteiger charge is -2.11. The Bertz CT molecular complexity index is 588. The van der Waals surface area contributed by atoms with E-state index in [2.05, 4.69) is 5.32 Å². The number of carbonyl (C=O) groups is 2. The molecule has 0 radical (unpaired) electrons. The van der Waals surface area contributed by atoms with Gasteiger partial charge in [0.05, 0.1) is 10.4 Å². The van der Waals surface area contributed by atoms with Crippen LogP contribution in [0.15, 0.2) is 41.8 Å². The van der Waals surface area contributed by atoms with Crippen LogP contribution in [0.3, 0.4) is 0 Å². The van der Waals surface area contributed by atoms with Crippen molar-refractivity contribution in [1.82, 2.24) is 5.32 Å². The minimum atomic E-state index is -0.212. The van der Waals surface area contributed by atoms with Crippen LogP contribution in [0, 0.1) is 0 Å². The summed E-state index contributed by atoms with van der Waals surface area (Å²) in [6, 6.07) is 10.5. The van der Waals surface area contributed by atoms with Crippen LogP contribution < -0.4 is 5.32 Å². The fraction of sp³-hybridized carbons (Fsp3) is 0.200. The molecule has 1 aromatic heterocycles. The number of carbonyl (C=O) groups excluding carboxylic acids is 2. The standard InChI is InChI=1S/C15H15NO2S/c1-10(2)16-15(18)12-7-4-3-6-11(12)14(17)13-8-5-9-19-13/h3-10H,1-2H3,(H,16,18). The molecule has 1 amide bonds. The van der Waals surface area contributed by atoms with Crippen LogP contribution in [0.5, 0.6) is 0 Å². The number of thiophene rings is 1. The predicted molar refractivity (Wildman–Crippen MR) is 76.8 cm³/mol. The van der Waals surface area contributed by atoms with Crippen molar-refractivity contribution in [2.75, 3.05) is 0 Å². The highest BCUT2D eigenvalue weighted by Crippen LogP contribution is 2.18. The lowest BCUT2D eigenvalue weighted by Crippen LogP contribution is -2.31. The molecule has 0 spiro atoms. The summed E-state index contributed by atoms with van der Waals surface area (Å²) in [5.74, 6) is -0.319. The molecule has 0 saturated heterocycles. The Hall–Kier alpha value is -1.94. The summed E-state index contributed by atoms with van der Waals surface area (Å²) in [7, 11) is 0. The van der Waals surface area contributed by atoms with Gasteiger partial charge in [0, 0.05) is 11.6 Å². The summed E-state index contributed by atoms with van der Waals surface area (Å²) in [5.41, 5.74) is 0.873. The maximum Gasteiger partial charge on any atom is 0.252 e. The molecule has 3 nitrogen and oxygen atoms in total. The molecule has 2 aromatic rings. The molecular formula is C15H15NO2S. The van der Waals surface area contributed by atoms with Gasteiger partial charge in [0.1, 0.15) is 0 Å². The van der Waals surface area contributed by atoms with Gasteiger partial charge in [-0.1, -0.05) is 24.3 Å². The van der Waals surface area contributed by atoms with Crippen molar-refractivity contribution in [3.63, 3.8) is 0 Å². The molecule has 0 unspecified atom stereocenters. The number of benzene rings is 1. The van der Waals surface area contributed by atoms with Crippen molar-refractivity contribution in [2.45, 2.75) is 19.9 Å². The average Bonchev–Trinajstić information content (AvgIpc) is 2.91. The molecule has 4 heteroatoms. The molecule has 1 heterocycles. The fourth-order valence-electron chi connectivity index (χ4n) is 1.76. The topological polar surface area (TPSA) is 46.2 Å². The SMILES string of the molecule is CC(C)NC(=O)c1ccccc1C(=O)c1cccs1. The monoisotopic (exact) mass is 273 g/mol. The highest BCUT2D eigenvalue weighted by atomic mass is 32.1. The first kappa shape index (κ1) is 13.5. The van der Waals surface area contributed by atoms with E-state index in [1.807, 2.05) is 25.3 Å². The first-order valence-electron chi connectivity index (χ1n) is 6.07. The number of rotatable bonds is 4. The second kappa shape index (κ2) is 5.80. The molecule has 1 N–H and O–H groups in total. The second-order valence-corrected chi connectivity index (χ2v) is 5.43. The van der Waals surface area contributed by atoms with Crippen molar-refractivity contribution in [2.24, 2.45) is 0 Å². The Morgan fingerprint density at radius 2 is 1.74 bits per heavy atom. The third kappa shape index (κ3) is 3.09. The highest BCUT2D eigenvalue weighted by molar-refractivity contribution is 7.12. The molecule has 0 saturated carbocycles. The summed E-state index contributed by atoms with van der Waals surface area (Å²) in [5, 5.41) is 4.66. The molecule has 19 heavy (non-hydrogen) atoms. The van der Waals surface area contributed by atoms with Crippen molar-refractivity contribution in [3.8, 4) is 0 Å². The molecule has 1 aromatic carbocycles. The van der Waals surface area contributed by atoms with Crippen LogP contribution in [0.25, 0.3) is 0 Å². The van der Waals surface area contributed by atoms with Gasteiger partial charge in [-0.15, -0.1) is 11.3 Å². The third-order valence-corrected chi connectivity index (χ3v) is 3.45. The minimum absolute atomic E-state index is 0.0393. The van der Waals surface area contributed by atoms with E-state index in [4.69, 9.17) is 0 Å². The molecule has 0 fully saturated rings. The zero-order valence-electron chi connectivity index (χ0n) is 10.8. The van der Waals surface area contributed by atoms with Crippen molar-refractivity contribution in [1.29, 1.82) is 0 Å². The molecule has 0 aliphatic heterocycles. The minimum Gasteiger partial charge on any atom is -0.350 e.